The molecule has 0 spiro atoms. The number of aliphatic carboxylic acids is 1. The van der Waals surface area contributed by atoms with E-state index in [1.165, 1.54) is 69.3 Å². The van der Waals surface area contributed by atoms with E-state index in [1.54, 1.807) is 0 Å². The number of carboxylic acids is 1. The molecule has 2 aromatic rings. The summed E-state index contributed by atoms with van der Waals surface area (Å²) >= 11 is 0.935. The van der Waals surface area contributed by atoms with Gasteiger partial charge in [-0.25, -0.2) is 12.8 Å². The van der Waals surface area contributed by atoms with E-state index in [0.29, 0.717) is 11.5 Å². The van der Waals surface area contributed by atoms with Gasteiger partial charge in [-0.1, -0.05) is 0 Å². The number of aliphatic hydroxyl groups excluding tert-OH is 1. The first-order valence-corrected chi connectivity index (χ1v) is 10.9. The zero-order valence-electron chi connectivity index (χ0n) is 16.0. The van der Waals surface area contributed by atoms with Gasteiger partial charge in [-0.2, -0.15) is 4.72 Å². The topological polar surface area (TPSA) is 113 Å². The molecule has 0 saturated carbocycles. The highest BCUT2D eigenvalue weighted by atomic mass is 32.2. The van der Waals surface area contributed by atoms with Gasteiger partial charge in [-0.05, 0) is 69.3 Å². The van der Waals surface area contributed by atoms with Crippen molar-refractivity contribution in [2.24, 2.45) is 0 Å². The molecule has 0 aliphatic carbocycles. The Hall–Kier alpha value is -2.14. The van der Waals surface area contributed by atoms with E-state index in [1.807, 2.05) is 0 Å². The zero-order chi connectivity index (χ0) is 21.8. The predicted octanol–water partition coefficient (Wildman–Crippen LogP) is 3.20. The Bertz CT molecular complexity index is 944. The number of carbonyl (C=O) groups is 1. The van der Waals surface area contributed by atoms with Crippen LogP contribution in [0.3, 0.4) is 0 Å². The van der Waals surface area contributed by atoms with E-state index in [4.69, 9.17) is 4.74 Å². The first-order valence-electron chi connectivity index (χ1n) is 8.55. The summed E-state index contributed by atoms with van der Waals surface area (Å²) in [5.74, 6) is -1.06. The standard InChI is InChI=1S/C19H22FNO6S2/c1-12(22)28-19(2,3)17(18(23)24)21-29(25,26)16-10-8-15(9-11-16)27-14-6-4-13(20)5-7-14/h4-12,17,21-22H,1-3H3,(H,23,24). The Kier molecular flexibility index (Phi) is 7.28. The summed E-state index contributed by atoms with van der Waals surface area (Å²) in [6, 6.07) is 9.22. The molecule has 0 saturated heterocycles. The van der Waals surface area contributed by atoms with Crippen molar-refractivity contribution in [1.82, 2.24) is 4.72 Å². The molecular weight excluding hydrogens is 421 g/mol. The van der Waals surface area contributed by atoms with Crippen LogP contribution in [0, 0.1) is 5.82 Å². The van der Waals surface area contributed by atoms with Crippen LogP contribution in [0.1, 0.15) is 20.8 Å². The molecule has 0 radical (unpaired) electrons. The van der Waals surface area contributed by atoms with Crippen molar-refractivity contribution in [3.63, 3.8) is 0 Å². The van der Waals surface area contributed by atoms with Crippen LogP contribution in [0.4, 0.5) is 4.39 Å². The molecule has 2 aromatic carbocycles. The number of benzene rings is 2. The minimum atomic E-state index is -4.15. The average molecular weight is 444 g/mol. The molecule has 0 amide bonds. The van der Waals surface area contributed by atoms with Crippen LogP contribution in [0.5, 0.6) is 11.5 Å². The Balaban J connectivity index is 2.19. The smallest absolute Gasteiger partial charge is 0.323 e. The SMILES string of the molecule is CC(O)SC(C)(C)C(NS(=O)(=O)c1ccc(Oc2ccc(F)cc2)cc1)C(=O)O. The van der Waals surface area contributed by atoms with Gasteiger partial charge in [0.05, 0.1) is 10.3 Å². The van der Waals surface area contributed by atoms with Gasteiger partial charge in [0.2, 0.25) is 10.0 Å². The third-order valence-electron chi connectivity index (χ3n) is 3.87. The second-order valence-corrected chi connectivity index (χ2v) is 10.4. The quantitative estimate of drug-likeness (QED) is 0.510. The fraction of sp³-hybridized carbons (Fsp3) is 0.316. The van der Waals surface area contributed by atoms with Crippen LogP contribution in [0.2, 0.25) is 0 Å². The molecule has 158 valence electrons. The number of aliphatic hydroxyl groups is 1. The number of ether oxygens (including phenoxy) is 1. The number of halogens is 1. The molecule has 0 fully saturated rings. The highest BCUT2D eigenvalue weighted by Crippen LogP contribution is 2.32. The number of nitrogens with one attached hydrogen (secondary N) is 1. The number of rotatable bonds is 9. The second kappa shape index (κ2) is 9.12. The van der Waals surface area contributed by atoms with Gasteiger partial charge in [-0.3, -0.25) is 4.79 Å². The average Bonchev–Trinajstić information content (AvgIpc) is 2.61. The number of hydrogen-bond acceptors (Lipinski definition) is 6. The van der Waals surface area contributed by atoms with E-state index in [0.717, 1.165) is 11.8 Å². The Morgan fingerprint density at radius 2 is 1.59 bits per heavy atom. The monoisotopic (exact) mass is 443 g/mol. The number of sulfonamides is 1. The van der Waals surface area contributed by atoms with E-state index in [2.05, 4.69) is 4.72 Å². The maximum absolute atomic E-state index is 12.9. The van der Waals surface area contributed by atoms with E-state index in [-0.39, 0.29) is 4.90 Å². The highest BCUT2D eigenvalue weighted by molar-refractivity contribution is 8.01. The molecule has 0 aliphatic heterocycles. The van der Waals surface area contributed by atoms with Crippen LogP contribution in [-0.2, 0) is 14.8 Å². The molecule has 0 aliphatic rings. The van der Waals surface area contributed by atoms with Crippen LogP contribution < -0.4 is 9.46 Å². The predicted molar refractivity (Wildman–Crippen MR) is 108 cm³/mol. The van der Waals surface area contributed by atoms with Gasteiger partial charge < -0.3 is 14.9 Å². The first kappa shape index (κ1) is 23.1. The molecule has 0 aromatic heterocycles. The molecule has 0 bridgehead atoms. The first-order chi connectivity index (χ1) is 13.4. The van der Waals surface area contributed by atoms with Crippen LogP contribution in [-0.4, -0.2) is 40.8 Å². The van der Waals surface area contributed by atoms with E-state index in [9.17, 15) is 27.8 Å². The second-order valence-electron chi connectivity index (χ2n) is 6.74. The largest absolute Gasteiger partial charge is 0.480 e. The molecule has 2 atom stereocenters. The Morgan fingerprint density at radius 3 is 2.03 bits per heavy atom. The lowest BCUT2D eigenvalue weighted by molar-refractivity contribution is -0.139. The van der Waals surface area contributed by atoms with Gasteiger partial charge >= 0.3 is 5.97 Å². The zero-order valence-corrected chi connectivity index (χ0v) is 17.6. The van der Waals surface area contributed by atoms with Gasteiger partial charge in [0.25, 0.3) is 0 Å². The molecule has 29 heavy (non-hydrogen) atoms. The molecule has 10 heteroatoms. The number of hydrogen-bond donors (Lipinski definition) is 3. The van der Waals surface area contributed by atoms with E-state index < -0.39 is 38.0 Å². The number of carboxylic acid groups (broad SMARTS) is 1. The summed E-state index contributed by atoms with van der Waals surface area (Å²) in [7, 11) is -4.15. The molecule has 2 rings (SSSR count). The van der Waals surface area contributed by atoms with Crippen molar-refractivity contribution < 1.29 is 32.6 Å². The van der Waals surface area contributed by atoms with E-state index >= 15 is 0 Å². The van der Waals surface area contributed by atoms with Gasteiger partial charge in [0.15, 0.2) is 0 Å². The van der Waals surface area contributed by atoms with Crippen molar-refractivity contribution >= 4 is 27.8 Å². The maximum atomic E-state index is 12.9. The summed E-state index contributed by atoms with van der Waals surface area (Å²) in [6.45, 7) is 4.54. The van der Waals surface area contributed by atoms with Crippen molar-refractivity contribution in [3.8, 4) is 11.5 Å². The lowest BCUT2D eigenvalue weighted by Crippen LogP contribution is -2.52. The third-order valence-corrected chi connectivity index (χ3v) is 6.50. The highest BCUT2D eigenvalue weighted by Gasteiger charge is 2.40. The van der Waals surface area contributed by atoms with Gasteiger partial charge in [0.1, 0.15) is 23.4 Å². The van der Waals surface area contributed by atoms with Crippen molar-refractivity contribution in [1.29, 1.82) is 0 Å². The Labute approximate surface area is 173 Å². The summed E-state index contributed by atoms with van der Waals surface area (Å²) in [6.07, 6.45) is 0. The van der Waals surface area contributed by atoms with Gasteiger partial charge in [0, 0.05) is 4.75 Å². The Morgan fingerprint density at radius 1 is 1.10 bits per heavy atom. The summed E-state index contributed by atoms with van der Waals surface area (Å²) in [5.41, 5.74) is -0.876. The fourth-order valence-corrected chi connectivity index (χ4v) is 5.13. The lowest BCUT2D eigenvalue weighted by Gasteiger charge is -2.32. The molecule has 2 unspecified atom stereocenters. The maximum Gasteiger partial charge on any atom is 0.323 e. The summed E-state index contributed by atoms with van der Waals surface area (Å²) in [5, 5.41) is 19.1. The minimum absolute atomic E-state index is 0.145. The molecular formula is C19H22FNO6S2. The summed E-state index contributed by atoms with van der Waals surface area (Å²) in [4.78, 5) is 11.5. The fourth-order valence-electron chi connectivity index (χ4n) is 2.55. The van der Waals surface area contributed by atoms with Gasteiger partial charge in [-0.15, -0.1) is 11.8 Å². The van der Waals surface area contributed by atoms with Crippen LogP contribution >= 0.6 is 11.8 Å². The normalized spacial score (nSPS) is 14.2. The molecule has 7 nitrogen and oxygen atoms in total. The van der Waals surface area contributed by atoms with Crippen molar-refractivity contribution in [3.05, 3.63) is 54.3 Å². The number of thioether (sulfide) groups is 1. The molecule has 0 heterocycles. The van der Waals surface area contributed by atoms with Crippen LogP contribution in [0.15, 0.2) is 53.4 Å². The summed E-state index contributed by atoms with van der Waals surface area (Å²) < 4.78 is 44.8. The van der Waals surface area contributed by atoms with Crippen molar-refractivity contribution in [2.45, 2.75) is 41.9 Å². The van der Waals surface area contributed by atoms with Crippen LogP contribution in [0.25, 0.3) is 0 Å². The third kappa shape index (κ3) is 6.43. The molecule has 3 N–H and O–H groups in total. The lowest BCUT2D eigenvalue weighted by atomic mass is 10.1. The van der Waals surface area contributed by atoms with Crippen molar-refractivity contribution in [2.75, 3.05) is 0 Å². The minimum Gasteiger partial charge on any atom is -0.480 e.